The first-order valence-corrected chi connectivity index (χ1v) is 8.23. The van der Waals surface area contributed by atoms with Gasteiger partial charge in [-0.1, -0.05) is 42.5 Å². The molecule has 4 nitrogen and oxygen atoms in total. The number of benzene rings is 2. The molecule has 0 heterocycles. The number of nitrogens with zero attached hydrogens (tertiary/aromatic N) is 1. The van der Waals surface area contributed by atoms with E-state index in [2.05, 4.69) is 15.6 Å². The number of aliphatic imine (C=N–C) groups is 1. The lowest BCUT2D eigenvalue weighted by molar-refractivity contribution is -0.132. The molecule has 2 aromatic rings. The van der Waals surface area contributed by atoms with E-state index in [0.29, 0.717) is 19.1 Å². The Bertz CT molecular complexity index is 692. The van der Waals surface area contributed by atoms with Crippen LogP contribution in [0.4, 0.5) is 13.2 Å². The summed E-state index contributed by atoms with van der Waals surface area (Å²) < 4.78 is 42.2. The molecule has 0 radical (unpaired) electrons. The van der Waals surface area contributed by atoms with Crippen molar-refractivity contribution in [1.29, 1.82) is 0 Å². The lowest BCUT2D eigenvalue weighted by Crippen LogP contribution is -2.38. The number of ether oxygens (including phenoxy) is 1. The van der Waals surface area contributed by atoms with Gasteiger partial charge in [0.25, 0.3) is 0 Å². The lowest BCUT2D eigenvalue weighted by Gasteiger charge is -2.13. The van der Waals surface area contributed by atoms with Gasteiger partial charge in [-0.2, -0.15) is 13.2 Å². The molecule has 0 fully saturated rings. The van der Waals surface area contributed by atoms with Crippen molar-refractivity contribution in [2.24, 2.45) is 4.99 Å². The second-order valence-corrected chi connectivity index (χ2v) is 5.64. The van der Waals surface area contributed by atoms with E-state index in [9.17, 15) is 13.2 Å². The van der Waals surface area contributed by atoms with Crippen LogP contribution in [0.2, 0.25) is 0 Å². The van der Waals surface area contributed by atoms with Crippen LogP contribution in [-0.4, -0.2) is 25.7 Å². The molecule has 0 atom stereocenters. The van der Waals surface area contributed by atoms with Crippen LogP contribution in [0, 0.1) is 0 Å². The summed E-state index contributed by atoms with van der Waals surface area (Å²) in [5, 5.41) is 5.62. The average Bonchev–Trinajstić information content (AvgIpc) is 2.63. The van der Waals surface area contributed by atoms with Crippen LogP contribution in [0.15, 0.2) is 59.6 Å². The van der Waals surface area contributed by atoms with E-state index < -0.39 is 12.6 Å². The van der Waals surface area contributed by atoms with Gasteiger partial charge in [0.05, 0.1) is 6.42 Å². The van der Waals surface area contributed by atoms with Gasteiger partial charge in [0.1, 0.15) is 12.4 Å². The smallest absolute Gasteiger partial charge is 0.390 e. The number of hydrogen-bond acceptors (Lipinski definition) is 2. The summed E-state index contributed by atoms with van der Waals surface area (Å²) in [7, 11) is 1.52. The normalized spacial score (nSPS) is 11.5. The maximum atomic E-state index is 12.2. The van der Waals surface area contributed by atoms with Crippen molar-refractivity contribution in [3.63, 3.8) is 0 Å². The zero-order valence-electron chi connectivity index (χ0n) is 14.9. The molecule has 0 aliphatic rings. The molecule has 0 aliphatic heterocycles. The average molecular weight is 493 g/mol. The Morgan fingerprint density at radius 3 is 2.22 bits per heavy atom. The Hall–Kier alpha value is -1.97. The molecule has 0 saturated heterocycles. The third kappa shape index (κ3) is 9.50. The first-order valence-electron chi connectivity index (χ1n) is 8.23. The third-order valence-corrected chi connectivity index (χ3v) is 3.56. The van der Waals surface area contributed by atoms with E-state index in [-0.39, 0.29) is 30.5 Å². The van der Waals surface area contributed by atoms with Crippen molar-refractivity contribution in [3.8, 4) is 5.75 Å². The highest BCUT2D eigenvalue weighted by Crippen LogP contribution is 2.18. The quantitative estimate of drug-likeness (QED) is 0.339. The van der Waals surface area contributed by atoms with Crippen molar-refractivity contribution in [2.45, 2.75) is 25.7 Å². The summed E-state index contributed by atoms with van der Waals surface area (Å²) >= 11 is 0. The maximum Gasteiger partial charge on any atom is 0.390 e. The number of alkyl halides is 3. The number of rotatable bonds is 7. The highest BCUT2D eigenvalue weighted by molar-refractivity contribution is 14.0. The lowest BCUT2D eigenvalue weighted by atomic mass is 10.2. The van der Waals surface area contributed by atoms with Crippen LogP contribution in [0.25, 0.3) is 0 Å². The minimum Gasteiger partial charge on any atom is -0.489 e. The Balaban J connectivity index is 0.00000364. The van der Waals surface area contributed by atoms with E-state index >= 15 is 0 Å². The number of halogens is 4. The zero-order valence-corrected chi connectivity index (χ0v) is 17.3. The molecule has 2 aromatic carbocycles. The van der Waals surface area contributed by atoms with Crippen molar-refractivity contribution >= 4 is 29.9 Å². The molecule has 0 saturated carbocycles. The summed E-state index contributed by atoms with van der Waals surface area (Å²) in [6, 6.07) is 17.4. The monoisotopic (exact) mass is 493 g/mol. The first kappa shape index (κ1) is 23.1. The van der Waals surface area contributed by atoms with Crippen LogP contribution in [0.1, 0.15) is 17.5 Å². The summed E-state index contributed by atoms with van der Waals surface area (Å²) in [5.74, 6) is 1.09. The highest BCUT2D eigenvalue weighted by atomic mass is 127. The Morgan fingerprint density at radius 2 is 1.63 bits per heavy atom. The molecule has 2 rings (SSSR count). The molecular formula is C19H23F3IN3O. The molecule has 0 aliphatic carbocycles. The van der Waals surface area contributed by atoms with Gasteiger partial charge in [-0.25, -0.2) is 0 Å². The van der Waals surface area contributed by atoms with Crippen molar-refractivity contribution < 1.29 is 17.9 Å². The summed E-state index contributed by atoms with van der Waals surface area (Å²) in [4.78, 5) is 3.91. The minimum atomic E-state index is -4.18. The molecule has 27 heavy (non-hydrogen) atoms. The number of nitrogens with one attached hydrogen (secondary N) is 2. The molecular weight excluding hydrogens is 470 g/mol. The van der Waals surface area contributed by atoms with Gasteiger partial charge in [0, 0.05) is 20.1 Å². The second-order valence-electron chi connectivity index (χ2n) is 5.64. The van der Waals surface area contributed by atoms with Gasteiger partial charge >= 0.3 is 6.18 Å². The van der Waals surface area contributed by atoms with Gasteiger partial charge < -0.3 is 15.4 Å². The second kappa shape index (κ2) is 11.7. The van der Waals surface area contributed by atoms with Gasteiger partial charge in [-0.15, -0.1) is 24.0 Å². The molecule has 0 spiro atoms. The number of hydrogen-bond donors (Lipinski definition) is 2. The van der Waals surface area contributed by atoms with Crippen LogP contribution < -0.4 is 15.4 Å². The molecule has 0 bridgehead atoms. The van der Waals surface area contributed by atoms with E-state index in [4.69, 9.17) is 4.74 Å². The van der Waals surface area contributed by atoms with Crippen LogP contribution >= 0.6 is 24.0 Å². The largest absolute Gasteiger partial charge is 0.489 e. The van der Waals surface area contributed by atoms with Crippen molar-refractivity contribution in [3.05, 3.63) is 65.7 Å². The molecule has 148 valence electrons. The molecule has 8 heteroatoms. The Labute approximate surface area is 174 Å². The van der Waals surface area contributed by atoms with Crippen molar-refractivity contribution in [1.82, 2.24) is 10.6 Å². The SMILES string of the molecule is CN=C(NCCC(F)(F)F)NCc1ccc(OCc2ccccc2)cc1.I. The van der Waals surface area contributed by atoms with E-state index in [0.717, 1.165) is 16.9 Å². The molecule has 0 unspecified atom stereocenters. The summed E-state index contributed by atoms with van der Waals surface area (Å²) in [5.41, 5.74) is 2.06. The molecule has 0 amide bonds. The topological polar surface area (TPSA) is 45.7 Å². The Morgan fingerprint density at radius 1 is 0.963 bits per heavy atom. The predicted octanol–water partition coefficient (Wildman–Crippen LogP) is 4.50. The van der Waals surface area contributed by atoms with Crippen LogP contribution in [0.3, 0.4) is 0 Å². The van der Waals surface area contributed by atoms with Crippen LogP contribution in [0.5, 0.6) is 5.75 Å². The highest BCUT2D eigenvalue weighted by Gasteiger charge is 2.26. The van der Waals surface area contributed by atoms with Gasteiger partial charge in [-0.05, 0) is 23.3 Å². The molecule has 0 aromatic heterocycles. The minimum absolute atomic E-state index is 0. The van der Waals surface area contributed by atoms with Crippen LogP contribution in [-0.2, 0) is 13.2 Å². The fourth-order valence-corrected chi connectivity index (χ4v) is 2.17. The van der Waals surface area contributed by atoms with E-state index in [1.54, 1.807) is 0 Å². The fourth-order valence-electron chi connectivity index (χ4n) is 2.17. The van der Waals surface area contributed by atoms with Gasteiger partial charge in [0.2, 0.25) is 0 Å². The summed E-state index contributed by atoms with van der Waals surface area (Å²) in [6.45, 7) is 0.730. The zero-order chi connectivity index (χ0) is 18.8. The first-order chi connectivity index (χ1) is 12.5. The third-order valence-electron chi connectivity index (χ3n) is 3.56. The van der Waals surface area contributed by atoms with E-state index in [1.807, 2.05) is 54.6 Å². The van der Waals surface area contributed by atoms with E-state index in [1.165, 1.54) is 7.05 Å². The number of guanidine groups is 1. The predicted molar refractivity (Wildman–Crippen MR) is 112 cm³/mol. The van der Waals surface area contributed by atoms with Gasteiger partial charge in [0.15, 0.2) is 5.96 Å². The maximum absolute atomic E-state index is 12.2. The molecule has 2 N–H and O–H groups in total. The van der Waals surface area contributed by atoms with Gasteiger partial charge in [-0.3, -0.25) is 4.99 Å². The standard InChI is InChI=1S/C19H22F3N3O.HI/c1-23-18(24-12-11-19(20,21)22)25-13-15-7-9-17(10-8-15)26-14-16-5-3-2-4-6-16;/h2-10H,11-14H2,1H3,(H2,23,24,25);1H. The summed E-state index contributed by atoms with van der Waals surface area (Å²) in [6.07, 6.45) is -5.08. The van der Waals surface area contributed by atoms with Crippen molar-refractivity contribution in [2.75, 3.05) is 13.6 Å². The Kier molecular flexibility index (Phi) is 9.98. The fraction of sp³-hybridized carbons (Fsp3) is 0.316.